The molecule has 0 aliphatic carbocycles. The van der Waals surface area contributed by atoms with Crippen LogP contribution in [0, 0.1) is 0 Å². The summed E-state index contributed by atoms with van der Waals surface area (Å²) in [7, 11) is 3.35. The maximum absolute atomic E-state index is 11.2. The van der Waals surface area contributed by atoms with Crippen LogP contribution in [-0.4, -0.2) is 36.5 Å². The first-order valence-corrected chi connectivity index (χ1v) is 4.62. The van der Waals surface area contributed by atoms with Gasteiger partial charge in [0.15, 0.2) is 6.61 Å². The molecule has 0 aliphatic heterocycles. The molecule has 0 saturated heterocycles. The smallest absolute Gasteiger partial charge is 0.260 e. The van der Waals surface area contributed by atoms with Crippen molar-refractivity contribution in [1.82, 2.24) is 9.88 Å². The van der Waals surface area contributed by atoms with Crippen molar-refractivity contribution in [1.29, 1.82) is 0 Å². The lowest BCUT2D eigenvalue weighted by atomic mass is 10.3. The van der Waals surface area contributed by atoms with E-state index in [4.69, 9.17) is 10.5 Å². The average Bonchev–Trinajstić information content (AvgIpc) is 2.26. The fourth-order valence-electron chi connectivity index (χ4n) is 0.916. The quantitative estimate of drug-likeness (QED) is 0.758. The molecule has 0 unspecified atom stereocenters. The summed E-state index contributed by atoms with van der Waals surface area (Å²) < 4.78 is 5.21. The molecule has 1 amide bonds. The van der Waals surface area contributed by atoms with E-state index < -0.39 is 0 Å². The summed E-state index contributed by atoms with van der Waals surface area (Å²) in [6, 6.07) is 5.30. The van der Waals surface area contributed by atoms with Crippen molar-refractivity contribution >= 4 is 5.91 Å². The highest BCUT2D eigenvalue weighted by Gasteiger charge is 2.05. The SMILES string of the molecule is CN(C)C(=O)COc1cccc(CN)n1. The average molecular weight is 209 g/mol. The van der Waals surface area contributed by atoms with Crippen LogP contribution in [-0.2, 0) is 11.3 Å². The minimum atomic E-state index is -0.102. The molecule has 0 aromatic carbocycles. The fraction of sp³-hybridized carbons (Fsp3) is 0.400. The lowest BCUT2D eigenvalue weighted by Crippen LogP contribution is -2.27. The molecule has 0 radical (unpaired) electrons. The Morgan fingerprint density at radius 1 is 1.53 bits per heavy atom. The Morgan fingerprint density at radius 2 is 2.27 bits per heavy atom. The molecule has 0 atom stereocenters. The second-order valence-corrected chi connectivity index (χ2v) is 3.25. The summed E-state index contributed by atoms with van der Waals surface area (Å²) in [5.41, 5.74) is 6.17. The molecule has 5 heteroatoms. The Kier molecular flexibility index (Phi) is 4.05. The van der Waals surface area contributed by atoms with Gasteiger partial charge in [0.05, 0.1) is 5.69 Å². The number of hydrogen-bond donors (Lipinski definition) is 1. The van der Waals surface area contributed by atoms with Gasteiger partial charge < -0.3 is 15.4 Å². The summed E-state index contributed by atoms with van der Waals surface area (Å²) in [6.45, 7) is 0.354. The maximum Gasteiger partial charge on any atom is 0.260 e. The van der Waals surface area contributed by atoms with E-state index in [0.717, 1.165) is 5.69 Å². The van der Waals surface area contributed by atoms with E-state index in [2.05, 4.69) is 4.98 Å². The molecule has 2 N–H and O–H groups in total. The highest BCUT2D eigenvalue weighted by atomic mass is 16.5. The Labute approximate surface area is 88.9 Å². The predicted octanol–water partition coefficient (Wildman–Crippen LogP) is 0.00730. The molecule has 5 nitrogen and oxygen atoms in total. The zero-order valence-electron chi connectivity index (χ0n) is 8.93. The molecular weight excluding hydrogens is 194 g/mol. The van der Waals surface area contributed by atoms with Crippen molar-refractivity contribution in [2.75, 3.05) is 20.7 Å². The van der Waals surface area contributed by atoms with Gasteiger partial charge in [0, 0.05) is 26.7 Å². The van der Waals surface area contributed by atoms with Crippen LogP contribution in [0.15, 0.2) is 18.2 Å². The van der Waals surface area contributed by atoms with E-state index >= 15 is 0 Å². The van der Waals surface area contributed by atoms with Gasteiger partial charge in [-0.2, -0.15) is 0 Å². The molecule has 1 aromatic heterocycles. The molecule has 0 saturated carbocycles. The molecule has 1 rings (SSSR count). The summed E-state index contributed by atoms with van der Waals surface area (Å²) >= 11 is 0. The molecule has 0 spiro atoms. The number of rotatable bonds is 4. The standard InChI is InChI=1S/C10H15N3O2/c1-13(2)10(14)7-15-9-5-3-4-8(6-11)12-9/h3-5H,6-7,11H2,1-2H3. The molecule has 15 heavy (non-hydrogen) atoms. The zero-order valence-corrected chi connectivity index (χ0v) is 8.93. The van der Waals surface area contributed by atoms with Crippen LogP contribution in [0.2, 0.25) is 0 Å². The van der Waals surface area contributed by atoms with Crippen molar-refractivity contribution in [3.8, 4) is 5.88 Å². The van der Waals surface area contributed by atoms with Crippen molar-refractivity contribution < 1.29 is 9.53 Å². The number of aromatic nitrogens is 1. The topological polar surface area (TPSA) is 68.5 Å². The molecule has 1 heterocycles. The number of carbonyl (C=O) groups excluding carboxylic acids is 1. The number of amides is 1. The van der Waals surface area contributed by atoms with Gasteiger partial charge in [-0.25, -0.2) is 4.98 Å². The fourth-order valence-corrected chi connectivity index (χ4v) is 0.916. The Morgan fingerprint density at radius 3 is 2.87 bits per heavy atom. The lowest BCUT2D eigenvalue weighted by Gasteiger charge is -2.10. The van der Waals surface area contributed by atoms with E-state index in [9.17, 15) is 4.79 Å². The van der Waals surface area contributed by atoms with Crippen LogP contribution in [0.1, 0.15) is 5.69 Å². The van der Waals surface area contributed by atoms with Crippen molar-refractivity contribution in [3.05, 3.63) is 23.9 Å². The molecule has 82 valence electrons. The summed E-state index contributed by atoms with van der Waals surface area (Å²) in [6.07, 6.45) is 0. The summed E-state index contributed by atoms with van der Waals surface area (Å²) in [4.78, 5) is 16.8. The minimum absolute atomic E-state index is 0.00593. The largest absolute Gasteiger partial charge is 0.468 e. The lowest BCUT2D eigenvalue weighted by molar-refractivity contribution is -0.130. The van der Waals surface area contributed by atoms with Crippen LogP contribution in [0.25, 0.3) is 0 Å². The third-order valence-corrected chi connectivity index (χ3v) is 1.83. The molecule has 0 fully saturated rings. The van der Waals surface area contributed by atoms with Gasteiger partial charge in [0.2, 0.25) is 5.88 Å². The molecule has 1 aromatic rings. The normalized spacial score (nSPS) is 9.80. The summed E-state index contributed by atoms with van der Waals surface area (Å²) in [5, 5.41) is 0. The number of pyridine rings is 1. The Bertz CT molecular complexity index is 339. The van der Waals surface area contributed by atoms with Gasteiger partial charge in [-0.1, -0.05) is 6.07 Å². The van der Waals surface area contributed by atoms with Gasteiger partial charge in [0.25, 0.3) is 5.91 Å². The highest BCUT2D eigenvalue weighted by molar-refractivity contribution is 5.77. The van der Waals surface area contributed by atoms with E-state index in [1.807, 2.05) is 0 Å². The number of nitrogens with two attached hydrogens (primary N) is 1. The first-order chi connectivity index (χ1) is 7.13. The van der Waals surface area contributed by atoms with Gasteiger partial charge in [-0.15, -0.1) is 0 Å². The first kappa shape index (κ1) is 11.5. The van der Waals surface area contributed by atoms with Gasteiger partial charge >= 0.3 is 0 Å². The molecular formula is C10H15N3O2. The second kappa shape index (κ2) is 5.31. The maximum atomic E-state index is 11.2. The number of likely N-dealkylation sites (N-methyl/N-ethyl adjacent to an activating group) is 1. The molecule has 0 aliphatic rings. The van der Waals surface area contributed by atoms with Crippen LogP contribution < -0.4 is 10.5 Å². The Balaban J connectivity index is 2.54. The second-order valence-electron chi connectivity index (χ2n) is 3.25. The van der Waals surface area contributed by atoms with Gasteiger partial charge in [-0.3, -0.25) is 4.79 Å². The van der Waals surface area contributed by atoms with Crippen LogP contribution in [0.5, 0.6) is 5.88 Å². The number of carbonyl (C=O) groups is 1. The number of nitrogens with zero attached hydrogens (tertiary/aromatic N) is 2. The van der Waals surface area contributed by atoms with Crippen molar-refractivity contribution in [2.45, 2.75) is 6.54 Å². The highest BCUT2D eigenvalue weighted by Crippen LogP contribution is 2.06. The molecule has 0 bridgehead atoms. The predicted molar refractivity (Wildman–Crippen MR) is 56.3 cm³/mol. The number of hydrogen-bond acceptors (Lipinski definition) is 4. The first-order valence-electron chi connectivity index (χ1n) is 4.62. The monoisotopic (exact) mass is 209 g/mol. The summed E-state index contributed by atoms with van der Waals surface area (Å²) in [5.74, 6) is 0.322. The van der Waals surface area contributed by atoms with Crippen molar-refractivity contribution in [2.24, 2.45) is 5.73 Å². The van der Waals surface area contributed by atoms with Gasteiger partial charge in [-0.05, 0) is 6.07 Å². The third-order valence-electron chi connectivity index (χ3n) is 1.83. The zero-order chi connectivity index (χ0) is 11.3. The van der Waals surface area contributed by atoms with E-state index in [1.54, 1.807) is 32.3 Å². The van der Waals surface area contributed by atoms with E-state index in [1.165, 1.54) is 4.90 Å². The van der Waals surface area contributed by atoms with E-state index in [-0.39, 0.29) is 12.5 Å². The van der Waals surface area contributed by atoms with E-state index in [0.29, 0.717) is 12.4 Å². The van der Waals surface area contributed by atoms with Crippen molar-refractivity contribution in [3.63, 3.8) is 0 Å². The van der Waals surface area contributed by atoms with Gasteiger partial charge in [0.1, 0.15) is 0 Å². The van der Waals surface area contributed by atoms with Crippen LogP contribution in [0.4, 0.5) is 0 Å². The Hall–Kier alpha value is -1.62. The number of ether oxygens (including phenoxy) is 1. The third kappa shape index (κ3) is 3.55. The van der Waals surface area contributed by atoms with Crippen LogP contribution >= 0.6 is 0 Å². The minimum Gasteiger partial charge on any atom is -0.468 e. The van der Waals surface area contributed by atoms with Crippen LogP contribution in [0.3, 0.4) is 0 Å².